The lowest BCUT2D eigenvalue weighted by Crippen LogP contribution is -2.30. The molecule has 146 valence electrons. The van der Waals surface area contributed by atoms with Crippen LogP contribution in [0.5, 0.6) is 5.75 Å². The lowest BCUT2D eigenvalue weighted by atomic mass is 9.78. The van der Waals surface area contributed by atoms with Crippen LogP contribution in [0.25, 0.3) is 10.8 Å². The quantitative estimate of drug-likeness (QED) is 0.547. The molecule has 0 spiro atoms. The molecule has 3 rings (SSSR count). The van der Waals surface area contributed by atoms with Crippen molar-refractivity contribution in [2.75, 3.05) is 11.9 Å². The first-order valence-corrected chi connectivity index (χ1v) is 9.26. The van der Waals surface area contributed by atoms with Crippen molar-refractivity contribution < 1.29 is 19.7 Å². The normalized spacial score (nSPS) is 12.5. The lowest BCUT2D eigenvalue weighted by molar-refractivity contribution is 0.0161. The lowest BCUT2D eigenvalue weighted by Gasteiger charge is -2.34. The fraction of sp³-hybridized carbons (Fsp3) is 0.261. The number of phenolic OH excluding ortho intramolecular Hbond substituents is 1. The number of ether oxygens (including phenoxy) is 1. The number of hydrogen-bond acceptors (Lipinski definition) is 4. The molecular weight excluding hydrogens is 354 g/mol. The molecule has 3 aromatic carbocycles. The third-order valence-corrected chi connectivity index (χ3v) is 4.93. The van der Waals surface area contributed by atoms with Gasteiger partial charge in [0.2, 0.25) is 0 Å². The van der Waals surface area contributed by atoms with Crippen LogP contribution < -0.4 is 5.32 Å². The van der Waals surface area contributed by atoms with Crippen molar-refractivity contribution >= 4 is 22.6 Å². The van der Waals surface area contributed by atoms with E-state index in [2.05, 4.69) is 5.32 Å². The van der Waals surface area contributed by atoms with Crippen LogP contribution >= 0.6 is 0 Å². The first-order valence-electron chi connectivity index (χ1n) is 9.26. The van der Waals surface area contributed by atoms with Crippen molar-refractivity contribution in [1.29, 1.82) is 0 Å². The maximum absolute atomic E-state index is 12.6. The summed E-state index contributed by atoms with van der Waals surface area (Å²) in [6.45, 7) is 3.87. The van der Waals surface area contributed by atoms with Gasteiger partial charge in [-0.1, -0.05) is 62.4 Å². The fourth-order valence-electron chi connectivity index (χ4n) is 3.37. The molecule has 3 aromatic rings. The zero-order chi connectivity index (χ0) is 20.1. The third-order valence-electron chi connectivity index (χ3n) is 4.93. The predicted octanol–water partition coefficient (Wildman–Crippen LogP) is 5.24. The number of nitrogens with one attached hydrogen (secondary N) is 1. The second kappa shape index (κ2) is 8.31. The summed E-state index contributed by atoms with van der Waals surface area (Å²) in [5.74, 6) is 0.173. The van der Waals surface area contributed by atoms with Gasteiger partial charge in [0.25, 0.3) is 0 Å². The number of para-hydroxylation sites is 1. The van der Waals surface area contributed by atoms with Gasteiger partial charge in [-0.3, -0.25) is 5.32 Å². The molecule has 0 fully saturated rings. The molecule has 5 heteroatoms. The number of aliphatic hydroxyl groups is 1. The van der Waals surface area contributed by atoms with Crippen molar-refractivity contribution in [1.82, 2.24) is 0 Å². The van der Waals surface area contributed by atoms with E-state index < -0.39 is 17.6 Å². The van der Waals surface area contributed by atoms with Gasteiger partial charge in [0, 0.05) is 28.7 Å². The van der Waals surface area contributed by atoms with E-state index >= 15 is 0 Å². The van der Waals surface area contributed by atoms with E-state index in [1.807, 2.05) is 56.3 Å². The van der Waals surface area contributed by atoms with E-state index in [1.165, 1.54) is 0 Å². The minimum absolute atomic E-state index is 0.0246. The molecule has 1 atom stereocenters. The Morgan fingerprint density at radius 2 is 1.64 bits per heavy atom. The summed E-state index contributed by atoms with van der Waals surface area (Å²) < 4.78 is 5.86. The largest absolute Gasteiger partial charge is 0.507 e. The number of carbonyl (C=O) groups excluding carboxylic acids is 1. The highest BCUT2D eigenvalue weighted by Crippen LogP contribution is 2.43. The number of amides is 1. The van der Waals surface area contributed by atoms with E-state index in [9.17, 15) is 15.0 Å². The molecule has 0 radical (unpaired) electrons. The summed E-state index contributed by atoms with van der Waals surface area (Å²) >= 11 is 0. The van der Waals surface area contributed by atoms with Gasteiger partial charge in [-0.25, -0.2) is 4.79 Å². The molecule has 0 heterocycles. The second-order valence-corrected chi connectivity index (χ2v) is 7.46. The minimum atomic E-state index is -0.617. The van der Waals surface area contributed by atoms with Crippen molar-refractivity contribution in [2.24, 2.45) is 5.41 Å². The Balaban J connectivity index is 1.99. The molecule has 0 aliphatic carbocycles. The third kappa shape index (κ3) is 4.26. The summed E-state index contributed by atoms with van der Waals surface area (Å²) in [5.41, 5.74) is 0.902. The van der Waals surface area contributed by atoms with Crippen LogP contribution in [0.2, 0.25) is 0 Å². The van der Waals surface area contributed by atoms with E-state index in [-0.39, 0.29) is 12.4 Å². The van der Waals surface area contributed by atoms with Crippen LogP contribution in [0.3, 0.4) is 0 Å². The molecule has 0 unspecified atom stereocenters. The Labute approximate surface area is 164 Å². The van der Waals surface area contributed by atoms with Crippen LogP contribution in [0.15, 0.2) is 66.7 Å². The Bertz CT molecular complexity index is 953. The topological polar surface area (TPSA) is 78.8 Å². The smallest absolute Gasteiger partial charge is 0.412 e. The maximum Gasteiger partial charge on any atom is 0.412 e. The number of carbonyl (C=O) groups is 1. The number of aromatic hydroxyl groups is 1. The molecule has 0 bridgehead atoms. The molecular formula is C23H25NO4. The van der Waals surface area contributed by atoms with Gasteiger partial charge in [-0.15, -0.1) is 0 Å². The van der Waals surface area contributed by atoms with Crippen LogP contribution in [-0.2, 0) is 4.74 Å². The zero-order valence-corrected chi connectivity index (χ0v) is 16.1. The fourth-order valence-corrected chi connectivity index (χ4v) is 3.37. The van der Waals surface area contributed by atoms with E-state index in [0.717, 1.165) is 10.9 Å². The van der Waals surface area contributed by atoms with Crippen molar-refractivity contribution in [3.63, 3.8) is 0 Å². The molecule has 0 saturated carbocycles. The standard InChI is InChI=1S/C23H25NO4/c1-23(2,14-15-25)21(28-22(27)24-16-8-4-3-5-9-16)19-12-13-20(26)18-11-7-6-10-17(18)19/h3-13,21,25-26H,14-15H2,1-2H3,(H,24,27)/t21-/m1/s1. The Morgan fingerprint density at radius 3 is 2.32 bits per heavy atom. The Hall–Kier alpha value is -3.05. The van der Waals surface area contributed by atoms with Crippen LogP contribution in [0, 0.1) is 5.41 Å². The molecule has 0 aliphatic heterocycles. The predicted molar refractivity (Wildman–Crippen MR) is 110 cm³/mol. The summed E-state index contributed by atoms with van der Waals surface area (Å²) in [5, 5.41) is 24.0. The number of phenols is 1. The first-order chi connectivity index (χ1) is 13.4. The average Bonchev–Trinajstić information content (AvgIpc) is 2.68. The van der Waals surface area contributed by atoms with E-state index in [1.54, 1.807) is 24.3 Å². The number of anilines is 1. The number of hydrogen-bond donors (Lipinski definition) is 3. The van der Waals surface area contributed by atoms with Crippen LogP contribution in [0.4, 0.5) is 10.5 Å². The molecule has 5 nitrogen and oxygen atoms in total. The van der Waals surface area contributed by atoms with Gasteiger partial charge in [0.05, 0.1) is 0 Å². The molecule has 28 heavy (non-hydrogen) atoms. The van der Waals surface area contributed by atoms with Crippen molar-refractivity contribution in [3.05, 3.63) is 72.3 Å². The van der Waals surface area contributed by atoms with Gasteiger partial charge in [-0.2, -0.15) is 0 Å². The highest BCUT2D eigenvalue weighted by atomic mass is 16.6. The van der Waals surface area contributed by atoms with E-state index in [4.69, 9.17) is 4.74 Å². The van der Waals surface area contributed by atoms with Gasteiger partial charge in [0.15, 0.2) is 0 Å². The van der Waals surface area contributed by atoms with Gasteiger partial charge in [0.1, 0.15) is 11.9 Å². The highest BCUT2D eigenvalue weighted by Gasteiger charge is 2.35. The summed E-state index contributed by atoms with van der Waals surface area (Å²) in [7, 11) is 0. The van der Waals surface area contributed by atoms with E-state index in [0.29, 0.717) is 17.5 Å². The van der Waals surface area contributed by atoms with Crippen molar-refractivity contribution in [2.45, 2.75) is 26.4 Å². The molecule has 3 N–H and O–H groups in total. The zero-order valence-electron chi connectivity index (χ0n) is 16.1. The summed E-state index contributed by atoms with van der Waals surface area (Å²) in [4.78, 5) is 12.6. The maximum atomic E-state index is 12.6. The molecule has 0 aliphatic rings. The molecule has 0 aromatic heterocycles. The Kier molecular flexibility index (Phi) is 5.85. The second-order valence-electron chi connectivity index (χ2n) is 7.46. The molecule has 0 saturated heterocycles. The monoisotopic (exact) mass is 379 g/mol. The Morgan fingerprint density at radius 1 is 1.00 bits per heavy atom. The summed E-state index contributed by atoms with van der Waals surface area (Å²) in [6.07, 6.45) is -0.737. The number of benzene rings is 3. The minimum Gasteiger partial charge on any atom is -0.507 e. The molecule has 1 amide bonds. The van der Waals surface area contributed by atoms with Gasteiger partial charge >= 0.3 is 6.09 Å². The number of rotatable bonds is 6. The van der Waals surface area contributed by atoms with Gasteiger partial charge in [-0.05, 0) is 30.0 Å². The number of aliphatic hydroxyl groups excluding tert-OH is 1. The van der Waals surface area contributed by atoms with Crippen molar-refractivity contribution in [3.8, 4) is 5.75 Å². The first kappa shape index (κ1) is 19.7. The average molecular weight is 379 g/mol. The van der Waals surface area contributed by atoms with Gasteiger partial charge < -0.3 is 14.9 Å². The van der Waals surface area contributed by atoms with Crippen LogP contribution in [-0.4, -0.2) is 22.9 Å². The van der Waals surface area contributed by atoms with Crippen LogP contribution in [0.1, 0.15) is 31.9 Å². The SMILES string of the molecule is CC(C)(CCO)[C@H](OC(=O)Nc1ccccc1)c1ccc(O)c2ccccc12. The number of fused-ring (bicyclic) bond motifs is 1. The summed E-state index contributed by atoms with van der Waals surface area (Å²) in [6, 6.07) is 19.9. The highest BCUT2D eigenvalue weighted by molar-refractivity contribution is 5.91.